The molecule has 1 N–H and O–H groups in total. The largest absolute Gasteiger partial charge is 0.370 e. The highest BCUT2D eigenvalue weighted by atomic mass is 15.2. The summed E-state index contributed by atoms with van der Waals surface area (Å²) in [7, 11) is 0. The Kier molecular flexibility index (Phi) is 2.85. The van der Waals surface area contributed by atoms with E-state index < -0.39 is 0 Å². The third-order valence-corrected chi connectivity index (χ3v) is 2.38. The lowest BCUT2D eigenvalue weighted by molar-refractivity contribution is 0.829. The standard InChI is InChI=1S/C11H16N4/c1-3-4-6-12-10-5-7-15-11(14-10)9(2)8-13-15/h5,7-8H,3-4,6H2,1-2H3,(H,12,14). The molecule has 15 heavy (non-hydrogen) atoms. The average Bonchev–Trinajstić information content (AvgIpc) is 2.61. The van der Waals surface area contributed by atoms with Gasteiger partial charge >= 0.3 is 0 Å². The molecule has 2 rings (SSSR count). The van der Waals surface area contributed by atoms with Crippen LogP contribution in [0.2, 0.25) is 0 Å². The number of aryl methyl sites for hydroxylation is 1. The Bertz CT molecular complexity index is 447. The van der Waals surface area contributed by atoms with Crippen molar-refractivity contribution in [2.75, 3.05) is 11.9 Å². The third-order valence-electron chi connectivity index (χ3n) is 2.38. The van der Waals surface area contributed by atoms with E-state index in [0.29, 0.717) is 0 Å². The van der Waals surface area contributed by atoms with Crippen molar-refractivity contribution in [1.29, 1.82) is 0 Å². The highest BCUT2D eigenvalue weighted by Gasteiger charge is 2.01. The molecule has 80 valence electrons. The molecule has 0 aliphatic heterocycles. The van der Waals surface area contributed by atoms with E-state index in [9.17, 15) is 0 Å². The van der Waals surface area contributed by atoms with Gasteiger partial charge in [-0.1, -0.05) is 13.3 Å². The molecule has 0 aliphatic rings. The van der Waals surface area contributed by atoms with Gasteiger partial charge in [-0.15, -0.1) is 0 Å². The molecule has 0 amide bonds. The van der Waals surface area contributed by atoms with E-state index in [2.05, 4.69) is 22.3 Å². The van der Waals surface area contributed by atoms with Gasteiger partial charge in [0, 0.05) is 18.3 Å². The highest BCUT2D eigenvalue weighted by molar-refractivity contribution is 5.50. The van der Waals surface area contributed by atoms with Crippen LogP contribution in [-0.4, -0.2) is 21.1 Å². The molecular weight excluding hydrogens is 188 g/mol. The molecule has 2 aromatic rings. The molecule has 0 saturated heterocycles. The first-order valence-corrected chi connectivity index (χ1v) is 5.36. The van der Waals surface area contributed by atoms with Crippen LogP contribution in [-0.2, 0) is 0 Å². The number of anilines is 1. The Morgan fingerprint density at radius 3 is 3.13 bits per heavy atom. The topological polar surface area (TPSA) is 42.2 Å². The lowest BCUT2D eigenvalue weighted by atomic mass is 10.3. The van der Waals surface area contributed by atoms with Crippen molar-refractivity contribution in [3.63, 3.8) is 0 Å². The number of hydrogen-bond donors (Lipinski definition) is 1. The van der Waals surface area contributed by atoms with E-state index in [1.807, 2.05) is 25.4 Å². The van der Waals surface area contributed by atoms with Crippen molar-refractivity contribution >= 4 is 11.5 Å². The predicted molar refractivity (Wildman–Crippen MR) is 61.1 cm³/mol. The van der Waals surface area contributed by atoms with Gasteiger partial charge in [-0.25, -0.2) is 9.50 Å². The van der Waals surface area contributed by atoms with Gasteiger partial charge in [0.2, 0.25) is 0 Å². The van der Waals surface area contributed by atoms with Gasteiger partial charge in [0.1, 0.15) is 5.82 Å². The summed E-state index contributed by atoms with van der Waals surface area (Å²) in [6, 6.07) is 1.95. The van der Waals surface area contributed by atoms with Crippen LogP contribution in [0.15, 0.2) is 18.5 Å². The fraction of sp³-hybridized carbons (Fsp3) is 0.455. The van der Waals surface area contributed by atoms with Crippen LogP contribution in [0.25, 0.3) is 5.65 Å². The monoisotopic (exact) mass is 204 g/mol. The van der Waals surface area contributed by atoms with Crippen molar-refractivity contribution < 1.29 is 0 Å². The molecule has 0 bridgehead atoms. The molecule has 0 saturated carbocycles. The summed E-state index contributed by atoms with van der Waals surface area (Å²) < 4.78 is 1.79. The maximum absolute atomic E-state index is 4.50. The first-order valence-electron chi connectivity index (χ1n) is 5.36. The summed E-state index contributed by atoms with van der Waals surface area (Å²) in [6.07, 6.45) is 6.13. The quantitative estimate of drug-likeness (QED) is 0.777. The van der Waals surface area contributed by atoms with Crippen LogP contribution in [0.3, 0.4) is 0 Å². The second-order valence-electron chi connectivity index (χ2n) is 3.69. The molecule has 0 unspecified atom stereocenters. The van der Waals surface area contributed by atoms with Crippen molar-refractivity contribution in [2.24, 2.45) is 0 Å². The summed E-state index contributed by atoms with van der Waals surface area (Å²) in [4.78, 5) is 4.50. The maximum Gasteiger partial charge on any atom is 0.160 e. The zero-order valence-electron chi connectivity index (χ0n) is 9.20. The van der Waals surface area contributed by atoms with Crippen LogP contribution < -0.4 is 5.32 Å². The molecule has 0 radical (unpaired) electrons. The number of fused-ring (bicyclic) bond motifs is 1. The van der Waals surface area contributed by atoms with Crippen LogP contribution in [0, 0.1) is 6.92 Å². The van der Waals surface area contributed by atoms with Crippen LogP contribution >= 0.6 is 0 Å². The molecule has 2 heterocycles. The summed E-state index contributed by atoms with van der Waals surface area (Å²) in [5, 5.41) is 7.48. The molecule has 0 fully saturated rings. The van der Waals surface area contributed by atoms with Gasteiger partial charge in [-0.2, -0.15) is 5.10 Å². The minimum atomic E-state index is 0.927. The minimum Gasteiger partial charge on any atom is -0.370 e. The first-order chi connectivity index (χ1) is 7.31. The van der Waals surface area contributed by atoms with Crippen LogP contribution in [0.4, 0.5) is 5.82 Å². The zero-order valence-corrected chi connectivity index (χ0v) is 9.20. The lowest BCUT2D eigenvalue weighted by Gasteiger charge is -2.04. The molecule has 0 spiro atoms. The molecule has 2 aromatic heterocycles. The Morgan fingerprint density at radius 2 is 2.33 bits per heavy atom. The Hall–Kier alpha value is -1.58. The van der Waals surface area contributed by atoms with Crippen molar-refractivity contribution in [1.82, 2.24) is 14.6 Å². The predicted octanol–water partition coefficient (Wildman–Crippen LogP) is 2.25. The number of unbranched alkanes of at least 4 members (excludes halogenated alkanes) is 1. The maximum atomic E-state index is 4.50. The van der Waals surface area contributed by atoms with Crippen molar-refractivity contribution in [3.8, 4) is 0 Å². The normalized spacial score (nSPS) is 10.8. The van der Waals surface area contributed by atoms with Gasteiger partial charge in [0.25, 0.3) is 0 Å². The van der Waals surface area contributed by atoms with E-state index >= 15 is 0 Å². The number of hydrogen-bond acceptors (Lipinski definition) is 3. The fourth-order valence-electron chi connectivity index (χ4n) is 1.47. The van der Waals surface area contributed by atoms with Crippen molar-refractivity contribution in [3.05, 3.63) is 24.0 Å². The lowest BCUT2D eigenvalue weighted by Crippen LogP contribution is -2.04. The van der Waals surface area contributed by atoms with Crippen molar-refractivity contribution in [2.45, 2.75) is 26.7 Å². The molecule has 0 atom stereocenters. The second-order valence-corrected chi connectivity index (χ2v) is 3.69. The molecule has 0 aliphatic carbocycles. The molecule has 4 nitrogen and oxygen atoms in total. The Balaban J connectivity index is 2.18. The number of aromatic nitrogens is 3. The van der Waals surface area contributed by atoms with Gasteiger partial charge in [0.05, 0.1) is 6.20 Å². The summed E-state index contributed by atoms with van der Waals surface area (Å²) in [5.41, 5.74) is 2.03. The summed E-state index contributed by atoms with van der Waals surface area (Å²) in [6.45, 7) is 5.18. The summed E-state index contributed by atoms with van der Waals surface area (Å²) in [5.74, 6) is 0.930. The summed E-state index contributed by atoms with van der Waals surface area (Å²) >= 11 is 0. The van der Waals surface area contributed by atoms with Crippen LogP contribution in [0.5, 0.6) is 0 Å². The first kappa shape index (κ1) is 9.96. The zero-order chi connectivity index (χ0) is 10.7. The molecular formula is C11H16N4. The fourth-order valence-corrected chi connectivity index (χ4v) is 1.47. The average molecular weight is 204 g/mol. The van der Waals surface area contributed by atoms with E-state index in [0.717, 1.165) is 23.6 Å². The Morgan fingerprint density at radius 1 is 1.47 bits per heavy atom. The minimum absolute atomic E-state index is 0.927. The van der Waals surface area contributed by atoms with Gasteiger partial charge < -0.3 is 5.32 Å². The highest BCUT2D eigenvalue weighted by Crippen LogP contribution is 2.10. The number of rotatable bonds is 4. The number of nitrogens with one attached hydrogen (secondary N) is 1. The second kappa shape index (κ2) is 4.29. The van der Waals surface area contributed by atoms with E-state index in [4.69, 9.17) is 0 Å². The molecule has 4 heteroatoms. The van der Waals surface area contributed by atoms with Crippen LogP contribution in [0.1, 0.15) is 25.3 Å². The van der Waals surface area contributed by atoms with Gasteiger partial charge in [0.15, 0.2) is 5.65 Å². The van der Waals surface area contributed by atoms with Gasteiger partial charge in [-0.05, 0) is 19.4 Å². The number of nitrogens with zero attached hydrogens (tertiary/aromatic N) is 3. The van der Waals surface area contributed by atoms with E-state index in [1.165, 1.54) is 12.8 Å². The third kappa shape index (κ3) is 2.09. The Labute approximate surface area is 89.3 Å². The van der Waals surface area contributed by atoms with E-state index in [1.54, 1.807) is 4.52 Å². The van der Waals surface area contributed by atoms with Gasteiger partial charge in [-0.3, -0.25) is 0 Å². The SMILES string of the molecule is CCCCNc1ccn2ncc(C)c2n1. The van der Waals surface area contributed by atoms with E-state index in [-0.39, 0.29) is 0 Å². The molecule has 0 aromatic carbocycles. The smallest absolute Gasteiger partial charge is 0.160 e.